The highest BCUT2D eigenvalue weighted by atomic mass is 35.5. The lowest BCUT2D eigenvalue weighted by Crippen LogP contribution is -1.78. The van der Waals surface area contributed by atoms with E-state index in [0.29, 0.717) is 0 Å². The van der Waals surface area contributed by atoms with Crippen LogP contribution in [-0.4, -0.2) is 17.6 Å². The molecule has 2 N–H and O–H groups in total. The van der Waals surface area contributed by atoms with E-state index in [1.807, 2.05) is 0 Å². The van der Waals surface area contributed by atoms with Gasteiger partial charge < -0.3 is 10.2 Å². The summed E-state index contributed by atoms with van der Waals surface area (Å²) in [6.45, 7) is 0. The minimum Gasteiger partial charge on any atom is -0.412 e. The zero-order valence-corrected chi connectivity index (χ0v) is 4.59. The first-order valence-electron chi connectivity index (χ1n) is 1.11. The van der Waals surface area contributed by atoms with Gasteiger partial charge in [0.2, 0.25) is 0 Å². The Hall–Kier alpha value is 0.500. The molecular formula is C2H6Cl2O2. The SMILES string of the molecule is ClCOCCl.O. The summed E-state index contributed by atoms with van der Waals surface area (Å²) in [5.74, 6) is 0. The molecule has 0 heterocycles. The summed E-state index contributed by atoms with van der Waals surface area (Å²) in [5.41, 5.74) is 0. The van der Waals surface area contributed by atoms with Gasteiger partial charge in [0.25, 0.3) is 0 Å². The minimum atomic E-state index is 0. The van der Waals surface area contributed by atoms with Crippen LogP contribution >= 0.6 is 23.2 Å². The van der Waals surface area contributed by atoms with E-state index < -0.39 is 0 Å². The molecule has 2 nitrogen and oxygen atoms in total. The molecule has 0 saturated heterocycles. The van der Waals surface area contributed by atoms with Crippen LogP contribution in [0, 0.1) is 0 Å². The third kappa shape index (κ3) is 8.82. The fourth-order valence-corrected chi connectivity index (χ4v) is 0.262. The van der Waals surface area contributed by atoms with E-state index in [2.05, 4.69) is 4.74 Å². The van der Waals surface area contributed by atoms with Gasteiger partial charge in [0.15, 0.2) is 0 Å². The van der Waals surface area contributed by atoms with Gasteiger partial charge in [0.1, 0.15) is 12.1 Å². The molecule has 0 aromatic carbocycles. The predicted octanol–water partition coefficient (Wildman–Crippen LogP) is 0.571. The number of alkyl halides is 2. The molecule has 0 aromatic rings. The smallest absolute Gasteiger partial charge is 0.122 e. The Kier molecular flexibility index (Phi) is 14.7. The molecule has 0 aromatic heterocycles. The van der Waals surface area contributed by atoms with Crippen LogP contribution in [0.25, 0.3) is 0 Å². The molecule has 0 saturated carbocycles. The molecule has 4 heteroatoms. The van der Waals surface area contributed by atoms with Crippen LogP contribution in [0.2, 0.25) is 0 Å². The highest BCUT2D eigenvalue weighted by Crippen LogP contribution is 1.79. The van der Waals surface area contributed by atoms with Crippen LogP contribution in [0.15, 0.2) is 0 Å². The van der Waals surface area contributed by atoms with Crippen molar-refractivity contribution in [1.82, 2.24) is 0 Å². The zero-order valence-electron chi connectivity index (χ0n) is 3.08. The lowest BCUT2D eigenvalue weighted by Gasteiger charge is -1.82. The topological polar surface area (TPSA) is 40.7 Å². The third-order valence-electron chi connectivity index (χ3n) is 0.154. The second kappa shape index (κ2) is 9.09. The Balaban J connectivity index is 0. The van der Waals surface area contributed by atoms with E-state index in [0.717, 1.165) is 0 Å². The second-order valence-corrected chi connectivity index (χ2v) is 0.859. The summed E-state index contributed by atoms with van der Waals surface area (Å²) < 4.78 is 4.36. The monoisotopic (exact) mass is 132 g/mol. The van der Waals surface area contributed by atoms with Crippen LogP contribution < -0.4 is 0 Å². The summed E-state index contributed by atoms with van der Waals surface area (Å²) in [5, 5.41) is 0. The third-order valence-corrected chi connectivity index (χ3v) is 0.463. The van der Waals surface area contributed by atoms with Gasteiger partial charge in [0, 0.05) is 0 Å². The number of hydrogen-bond acceptors (Lipinski definition) is 1. The van der Waals surface area contributed by atoms with Crippen LogP contribution in [-0.2, 0) is 4.74 Å². The van der Waals surface area contributed by atoms with E-state index in [1.165, 1.54) is 0 Å². The molecular weight excluding hydrogens is 127 g/mol. The molecule has 6 heavy (non-hydrogen) atoms. The highest BCUT2D eigenvalue weighted by Gasteiger charge is 1.68. The van der Waals surface area contributed by atoms with Crippen molar-refractivity contribution in [3.8, 4) is 0 Å². The van der Waals surface area contributed by atoms with Gasteiger partial charge in [-0.1, -0.05) is 23.2 Å². The van der Waals surface area contributed by atoms with Crippen molar-refractivity contribution in [1.29, 1.82) is 0 Å². The molecule has 0 radical (unpaired) electrons. The Morgan fingerprint density at radius 2 is 1.50 bits per heavy atom. The predicted molar refractivity (Wildman–Crippen MR) is 26.1 cm³/mol. The molecule has 0 fully saturated rings. The van der Waals surface area contributed by atoms with E-state index in [-0.39, 0.29) is 17.6 Å². The van der Waals surface area contributed by atoms with Crippen LogP contribution in [0.5, 0.6) is 0 Å². The Morgan fingerprint density at radius 3 is 1.50 bits per heavy atom. The highest BCUT2D eigenvalue weighted by molar-refractivity contribution is 6.18. The van der Waals surface area contributed by atoms with Crippen LogP contribution in [0.3, 0.4) is 0 Å². The molecule has 0 aliphatic rings. The Labute approximate surface area is 46.3 Å². The molecule has 0 aliphatic heterocycles. The average Bonchev–Trinajstić information content (AvgIpc) is 1.41. The average molecular weight is 133 g/mol. The van der Waals surface area contributed by atoms with Crippen LogP contribution in [0.4, 0.5) is 0 Å². The maximum Gasteiger partial charge on any atom is 0.122 e. The number of rotatable bonds is 2. The first-order chi connectivity index (χ1) is 2.41. The van der Waals surface area contributed by atoms with Crippen LogP contribution in [0.1, 0.15) is 0 Å². The summed E-state index contributed by atoms with van der Waals surface area (Å²) in [4.78, 5) is 0. The molecule has 0 spiro atoms. The summed E-state index contributed by atoms with van der Waals surface area (Å²) in [7, 11) is 0. The van der Waals surface area contributed by atoms with Gasteiger partial charge in [0.05, 0.1) is 0 Å². The molecule has 0 amide bonds. The summed E-state index contributed by atoms with van der Waals surface area (Å²) in [6.07, 6.45) is 0. The minimum absolute atomic E-state index is 0. The van der Waals surface area contributed by atoms with Gasteiger partial charge in [-0.2, -0.15) is 0 Å². The van der Waals surface area contributed by atoms with Crippen molar-refractivity contribution in [3.63, 3.8) is 0 Å². The summed E-state index contributed by atoms with van der Waals surface area (Å²) >= 11 is 9.99. The van der Waals surface area contributed by atoms with Crippen molar-refractivity contribution in [2.24, 2.45) is 0 Å². The molecule has 0 aliphatic carbocycles. The first kappa shape index (κ1) is 9.71. The lowest BCUT2D eigenvalue weighted by molar-refractivity contribution is 0.232. The van der Waals surface area contributed by atoms with E-state index >= 15 is 0 Å². The van der Waals surface area contributed by atoms with Gasteiger partial charge in [-0.15, -0.1) is 0 Å². The van der Waals surface area contributed by atoms with Crippen molar-refractivity contribution in [2.75, 3.05) is 12.1 Å². The standard InChI is InChI=1S/C2H4Cl2O.H2O/c3-1-5-2-4;/h1-2H2;1H2. The fraction of sp³-hybridized carbons (Fsp3) is 1.00. The lowest BCUT2D eigenvalue weighted by atomic mass is 11.5. The van der Waals surface area contributed by atoms with Gasteiger partial charge in [-0.25, -0.2) is 0 Å². The molecule has 0 rings (SSSR count). The number of hydrogen-bond donors (Lipinski definition) is 0. The number of ether oxygens (including phenoxy) is 1. The van der Waals surface area contributed by atoms with E-state index in [1.54, 1.807) is 0 Å². The Morgan fingerprint density at radius 1 is 1.17 bits per heavy atom. The van der Waals surface area contributed by atoms with E-state index in [4.69, 9.17) is 23.2 Å². The number of halogens is 2. The molecule has 0 unspecified atom stereocenters. The maximum atomic E-state index is 4.99. The first-order valence-corrected chi connectivity index (χ1v) is 2.18. The quantitative estimate of drug-likeness (QED) is 0.507. The van der Waals surface area contributed by atoms with Crippen molar-refractivity contribution in [3.05, 3.63) is 0 Å². The summed E-state index contributed by atoms with van der Waals surface area (Å²) in [6, 6.07) is 0.368. The Bertz CT molecular complexity index is 17.0. The maximum absolute atomic E-state index is 4.99. The molecule has 0 bridgehead atoms. The molecule has 40 valence electrons. The van der Waals surface area contributed by atoms with Gasteiger partial charge >= 0.3 is 0 Å². The van der Waals surface area contributed by atoms with Crippen molar-refractivity contribution < 1.29 is 10.2 Å². The second-order valence-electron chi connectivity index (χ2n) is 0.422. The van der Waals surface area contributed by atoms with Gasteiger partial charge in [-0.05, 0) is 0 Å². The zero-order chi connectivity index (χ0) is 4.12. The van der Waals surface area contributed by atoms with E-state index in [9.17, 15) is 0 Å². The van der Waals surface area contributed by atoms with Gasteiger partial charge in [-0.3, -0.25) is 0 Å². The molecule has 0 atom stereocenters. The van der Waals surface area contributed by atoms with Crippen molar-refractivity contribution >= 4 is 23.2 Å². The normalized spacial score (nSPS) is 7.00. The van der Waals surface area contributed by atoms with Crippen molar-refractivity contribution in [2.45, 2.75) is 0 Å². The largest absolute Gasteiger partial charge is 0.412 e. The fourth-order valence-electron chi connectivity index (χ4n) is 0.0292.